The van der Waals surface area contributed by atoms with Crippen LogP contribution in [0.2, 0.25) is 0 Å². The van der Waals surface area contributed by atoms with Crippen LogP contribution in [0.5, 0.6) is 0 Å². The van der Waals surface area contributed by atoms with E-state index in [0.717, 1.165) is 25.7 Å². The lowest BCUT2D eigenvalue weighted by Gasteiger charge is -2.42. The van der Waals surface area contributed by atoms with Gasteiger partial charge in [0.05, 0.1) is 13.2 Å². The van der Waals surface area contributed by atoms with Crippen molar-refractivity contribution < 1.29 is 13.6 Å². The average Bonchev–Trinajstić information content (AvgIpc) is 3.14. The van der Waals surface area contributed by atoms with Crippen LogP contribution in [0.3, 0.4) is 0 Å². The fourth-order valence-corrected chi connectivity index (χ4v) is 9.51. The molecule has 0 aromatic heterocycles. The van der Waals surface area contributed by atoms with Crippen molar-refractivity contribution in [2.75, 3.05) is 13.2 Å². The van der Waals surface area contributed by atoms with Gasteiger partial charge in [0, 0.05) is 0 Å². The van der Waals surface area contributed by atoms with E-state index in [2.05, 4.69) is 113 Å². The van der Waals surface area contributed by atoms with Crippen LogP contribution in [-0.4, -0.2) is 13.2 Å². The number of benzene rings is 2. The molecule has 2 aromatic rings. The summed E-state index contributed by atoms with van der Waals surface area (Å²) in [5, 5.41) is 0. The Labute approximate surface area is 350 Å². The summed E-state index contributed by atoms with van der Waals surface area (Å²) in [4.78, 5) is 0. The first kappa shape index (κ1) is 50.9. The zero-order valence-electron chi connectivity index (χ0n) is 39.0. The summed E-state index contributed by atoms with van der Waals surface area (Å²) < 4.78 is 21.3. The van der Waals surface area contributed by atoms with Crippen LogP contribution in [-0.2, 0) is 30.0 Å². The molecule has 4 heteroatoms. The monoisotopic (exact) mass is 795 g/mol. The largest absolute Gasteiger partial charge is 0.333 e. The van der Waals surface area contributed by atoms with Gasteiger partial charge in [-0.1, -0.05) is 245 Å². The van der Waals surface area contributed by atoms with Gasteiger partial charge < -0.3 is 9.05 Å². The fraction of sp³-hybridized carbons (Fsp3) is 0.769. The fourth-order valence-electron chi connectivity index (χ4n) is 8.23. The van der Waals surface area contributed by atoms with Crippen molar-refractivity contribution in [2.24, 2.45) is 0 Å². The Bertz CT molecular complexity index is 1200. The molecular formula is C52H91O3P. The van der Waals surface area contributed by atoms with Gasteiger partial charge in [0.15, 0.2) is 0 Å². The van der Waals surface area contributed by atoms with E-state index in [1.807, 2.05) is 0 Å². The quantitative estimate of drug-likeness (QED) is 0.0545. The van der Waals surface area contributed by atoms with Gasteiger partial charge in [0.2, 0.25) is 0 Å². The molecule has 322 valence electrons. The van der Waals surface area contributed by atoms with Gasteiger partial charge in [-0.25, -0.2) is 0 Å². The van der Waals surface area contributed by atoms with E-state index in [1.165, 1.54) is 162 Å². The molecule has 0 atom stereocenters. The molecule has 0 spiro atoms. The normalized spacial score (nSPS) is 12.6. The lowest BCUT2D eigenvalue weighted by atomic mass is 9.70. The van der Waals surface area contributed by atoms with Gasteiger partial charge in [-0.2, -0.15) is 0 Å². The lowest BCUT2D eigenvalue weighted by Crippen LogP contribution is -2.36. The third kappa shape index (κ3) is 19.2. The van der Waals surface area contributed by atoms with Crippen LogP contribution in [0.25, 0.3) is 0 Å². The number of hydrogen-bond acceptors (Lipinski definition) is 3. The van der Waals surface area contributed by atoms with Gasteiger partial charge in [0.1, 0.15) is 5.60 Å². The minimum Gasteiger partial charge on any atom is -0.312 e. The number of aryl methyl sites for hydroxylation is 2. The summed E-state index contributed by atoms with van der Waals surface area (Å²) in [6, 6.07) is 14.1. The molecule has 2 aromatic carbocycles. The molecule has 0 saturated carbocycles. The second kappa shape index (κ2) is 28.3. The standard InChI is InChI=1S/C52H91O3P/c1-12-15-17-19-21-23-25-27-29-31-33-40-53-56(54-41-34-32-30-28-26-24-22-20-18-16-13-2)55-52(39-14-3,48-42-44(4)35-37-46(48)50(6,7)8)49-43-45(5)36-38-47(49)51(9,10)11/h35-38,42-43H,12-34,39-41H2,1-11H3. The highest BCUT2D eigenvalue weighted by atomic mass is 31.2. The zero-order chi connectivity index (χ0) is 41.3. The highest BCUT2D eigenvalue weighted by Crippen LogP contribution is 2.55. The van der Waals surface area contributed by atoms with Crippen LogP contribution in [0.15, 0.2) is 36.4 Å². The van der Waals surface area contributed by atoms with E-state index in [0.29, 0.717) is 13.2 Å². The van der Waals surface area contributed by atoms with E-state index >= 15 is 0 Å². The highest BCUT2D eigenvalue weighted by molar-refractivity contribution is 7.41. The number of rotatable bonds is 32. The second-order valence-corrected chi connectivity index (χ2v) is 20.4. The topological polar surface area (TPSA) is 27.7 Å². The third-order valence-corrected chi connectivity index (χ3v) is 12.8. The molecule has 0 unspecified atom stereocenters. The van der Waals surface area contributed by atoms with Crippen molar-refractivity contribution in [2.45, 2.75) is 247 Å². The molecule has 2 rings (SSSR count). The summed E-state index contributed by atoms with van der Waals surface area (Å²) in [5.74, 6) is 0. The third-order valence-electron chi connectivity index (χ3n) is 11.6. The molecule has 0 saturated heterocycles. The Hall–Kier alpha value is -1.25. The van der Waals surface area contributed by atoms with Crippen LogP contribution in [0.4, 0.5) is 0 Å². The van der Waals surface area contributed by atoms with Crippen molar-refractivity contribution in [3.63, 3.8) is 0 Å². The maximum atomic E-state index is 7.65. The minimum atomic E-state index is -1.60. The molecule has 0 fully saturated rings. The first-order valence-corrected chi connectivity index (χ1v) is 24.9. The van der Waals surface area contributed by atoms with E-state index in [1.54, 1.807) is 0 Å². The lowest BCUT2D eigenvalue weighted by molar-refractivity contribution is 0.0503. The van der Waals surface area contributed by atoms with Gasteiger partial charge in [-0.15, -0.1) is 0 Å². The Balaban J connectivity index is 2.33. The van der Waals surface area contributed by atoms with Crippen molar-refractivity contribution >= 4 is 8.60 Å². The van der Waals surface area contributed by atoms with E-state index in [9.17, 15) is 0 Å². The SMILES string of the molecule is CCCCCCCCCCCCCOP(OCCCCCCCCCCCCC)OC(CCC)(c1cc(C)ccc1C(C)(C)C)c1cc(C)ccc1C(C)(C)C. The Morgan fingerprint density at radius 1 is 0.411 bits per heavy atom. The predicted molar refractivity (Wildman–Crippen MR) is 248 cm³/mol. The maximum absolute atomic E-state index is 7.65. The van der Waals surface area contributed by atoms with Gasteiger partial charge in [-0.3, -0.25) is 4.52 Å². The van der Waals surface area contributed by atoms with E-state index in [4.69, 9.17) is 13.6 Å². The summed E-state index contributed by atoms with van der Waals surface area (Å²) in [7, 11) is -1.60. The molecule has 56 heavy (non-hydrogen) atoms. The first-order valence-electron chi connectivity index (χ1n) is 23.8. The first-order chi connectivity index (χ1) is 26.8. The van der Waals surface area contributed by atoms with E-state index in [-0.39, 0.29) is 10.8 Å². The van der Waals surface area contributed by atoms with Crippen molar-refractivity contribution in [3.8, 4) is 0 Å². The van der Waals surface area contributed by atoms with Crippen LogP contribution in [0.1, 0.15) is 250 Å². The molecule has 0 N–H and O–H groups in total. The molecule has 0 bridgehead atoms. The molecule has 0 aliphatic carbocycles. The Morgan fingerprint density at radius 3 is 1.04 bits per heavy atom. The highest BCUT2D eigenvalue weighted by Gasteiger charge is 2.44. The minimum absolute atomic E-state index is 0.0629. The maximum Gasteiger partial charge on any atom is 0.333 e. The molecule has 0 heterocycles. The molecular weight excluding hydrogens is 704 g/mol. The van der Waals surface area contributed by atoms with Gasteiger partial charge in [0.25, 0.3) is 0 Å². The summed E-state index contributed by atoms with van der Waals surface area (Å²) in [6.07, 6.45) is 30.9. The van der Waals surface area contributed by atoms with Crippen molar-refractivity contribution in [1.82, 2.24) is 0 Å². The Kier molecular flexibility index (Phi) is 25.7. The van der Waals surface area contributed by atoms with Crippen LogP contribution in [0, 0.1) is 13.8 Å². The molecule has 0 aliphatic rings. The summed E-state index contributed by atoms with van der Waals surface area (Å²) >= 11 is 0. The molecule has 0 radical (unpaired) electrons. The molecule has 0 aliphatic heterocycles. The zero-order valence-corrected chi connectivity index (χ0v) is 39.9. The van der Waals surface area contributed by atoms with Crippen molar-refractivity contribution in [1.29, 1.82) is 0 Å². The summed E-state index contributed by atoms with van der Waals surface area (Å²) in [5.41, 5.74) is 6.90. The van der Waals surface area contributed by atoms with Gasteiger partial charge >= 0.3 is 8.60 Å². The summed E-state index contributed by atoms with van der Waals surface area (Å²) in [6.45, 7) is 26.8. The average molecular weight is 795 g/mol. The number of unbranched alkanes of at least 4 members (excludes halogenated alkanes) is 20. The van der Waals surface area contributed by atoms with Gasteiger partial charge in [-0.05, 0) is 66.2 Å². The molecule has 0 amide bonds. The predicted octanol–water partition coefficient (Wildman–Crippen LogP) is 17.8. The smallest absolute Gasteiger partial charge is 0.312 e. The van der Waals surface area contributed by atoms with E-state index < -0.39 is 14.2 Å². The second-order valence-electron chi connectivity index (χ2n) is 19.2. The van der Waals surface area contributed by atoms with Crippen LogP contribution < -0.4 is 0 Å². The van der Waals surface area contributed by atoms with Crippen LogP contribution >= 0.6 is 8.60 Å². The van der Waals surface area contributed by atoms with Crippen molar-refractivity contribution in [3.05, 3.63) is 69.8 Å². The number of hydrogen-bond donors (Lipinski definition) is 0. The Morgan fingerprint density at radius 2 is 0.732 bits per heavy atom. The molecule has 3 nitrogen and oxygen atoms in total.